The van der Waals surface area contributed by atoms with Gasteiger partial charge < -0.3 is 10.0 Å². The predicted molar refractivity (Wildman–Crippen MR) is 116 cm³/mol. The molecule has 1 N–H and O–H groups in total. The molecule has 4 rings (SSSR count). The highest BCUT2D eigenvalue weighted by Crippen LogP contribution is 2.44. The van der Waals surface area contributed by atoms with Crippen molar-refractivity contribution in [3.05, 3.63) is 85.5 Å². The second kappa shape index (κ2) is 7.58. The zero-order valence-electron chi connectivity index (χ0n) is 15.5. The number of amides is 1. The fourth-order valence-electron chi connectivity index (χ4n) is 3.56. The summed E-state index contributed by atoms with van der Waals surface area (Å²) < 4.78 is 0. The minimum atomic E-state index is -1.90. The largest absolute Gasteiger partial charge is 0.375 e. The first kappa shape index (κ1) is 20.1. The molecule has 0 saturated carbocycles. The zero-order valence-corrected chi connectivity index (χ0v) is 17.8. The molecule has 2 heterocycles. The number of benzene rings is 2. The van der Waals surface area contributed by atoms with Gasteiger partial charge in [-0.15, -0.1) is 11.3 Å². The van der Waals surface area contributed by atoms with E-state index in [9.17, 15) is 14.7 Å². The molecule has 148 valence electrons. The maximum Gasteiger partial charge on any atom is 0.264 e. The molecule has 29 heavy (non-hydrogen) atoms. The number of hydrogen-bond acceptors (Lipinski definition) is 4. The Kier molecular flexibility index (Phi) is 5.25. The summed E-state index contributed by atoms with van der Waals surface area (Å²) in [5.41, 5.74) is -0.109. The van der Waals surface area contributed by atoms with Gasteiger partial charge in [-0.25, -0.2) is 0 Å². The topological polar surface area (TPSA) is 57.6 Å². The van der Waals surface area contributed by atoms with Crippen molar-refractivity contribution in [2.45, 2.75) is 25.5 Å². The van der Waals surface area contributed by atoms with E-state index in [1.54, 1.807) is 48.5 Å². The molecule has 1 aliphatic rings. The van der Waals surface area contributed by atoms with Gasteiger partial charge in [0.1, 0.15) is 0 Å². The van der Waals surface area contributed by atoms with Gasteiger partial charge >= 0.3 is 0 Å². The van der Waals surface area contributed by atoms with Crippen molar-refractivity contribution in [3.8, 4) is 0 Å². The second-order valence-corrected chi connectivity index (χ2v) is 9.13. The number of rotatable bonds is 5. The number of aliphatic hydroxyl groups is 1. The van der Waals surface area contributed by atoms with Crippen LogP contribution in [0.3, 0.4) is 0 Å². The van der Waals surface area contributed by atoms with Gasteiger partial charge in [0.15, 0.2) is 11.4 Å². The number of aryl methyl sites for hydroxylation is 1. The molecule has 4 nitrogen and oxygen atoms in total. The van der Waals surface area contributed by atoms with Gasteiger partial charge in [-0.3, -0.25) is 9.59 Å². The van der Waals surface area contributed by atoms with Gasteiger partial charge in [-0.05, 0) is 42.8 Å². The normalized spacial score (nSPS) is 18.2. The first-order chi connectivity index (χ1) is 13.8. The van der Waals surface area contributed by atoms with E-state index in [4.69, 9.17) is 23.2 Å². The number of nitrogens with zero attached hydrogens (tertiary/aromatic N) is 1. The minimum absolute atomic E-state index is 0.210. The van der Waals surface area contributed by atoms with Crippen molar-refractivity contribution in [1.29, 1.82) is 0 Å². The third-order valence-corrected chi connectivity index (χ3v) is 6.78. The Morgan fingerprint density at radius 2 is 1.86 bits per heavy atom. The number of para-hydroxylation sites is 1. The highest BCUT2D eigenvalue weighted by atomic mass is 35.5. The van der Waals surface area contributed by atoms with Crippen LogP contribution in [0.15, 0.2) is 54.6 Å². The lowest BCUT2D eigenvalue weighted by Crippen LogP contribution is -2.41. The Labute approximate surface area is 182 Å². The van der Waals surface area contributed by atoms with Gasteiger partial charge in [-0.2, -0.15) is 0 Å². The standard InChI is InChI=1S/C22H17Cl2NO3S/c1-13-6-9-20(29-13)19(26)11-22(28)15-4-2-3-5-18(15)25(21(22)27)12-14-7-8-16(23)17(24)10-14/h2-10,28H,11-12H2,1H3. The van der Waals surface area contributed by atoms with Crippen LogP contribution >= 0.6 is 34.5 Å². The maximum absolute atomic E-state index is 13.3. The Morgan fingerprint density at radius 3 is 2.55 bits per heavy atom. The van der Waals surface area contributed by atoms with Gasteiger partial charge in [0.25, 0.3) is 5.91 Å². The van der Waals surface area contributed by atoms with Crippen LogP contribution in [0.2, 0.25) is 10.0 Å². The lowest BCUT2D eigenvalue weighted by Gasteiger charge is -2.22. The summed E-state index contributed by atoms with van der Waals surface area (Å²) >= 11 is 13.4. The highest BCUT2D eigenvalue weighted by molar-refractivity contribution is 7.14. The zero-order chi connectivity index (χ0) is 20.8. The molecule has 0 spiro atoms. The summed E-state index contributed by atoms with van der Waals surface area (Å²) in [6, 6.07) is 15.7. The molecule has 1 atom stereocenters. The summed E-state index contributed by atoms with van der Waals surface area (Å²) in [7, 11) is 0. The average Bonchev–Trinajstić information content (AvgIpc) is 3.21. The van der Waals surface area contributed by atoms with Gasteiger partial charge in [0.2, 0.25) is 0 Å². The number of carbonyl (C=O) groups is 2. The molecule has 1 unspecified atom stereocenters. The Balaban J connectivity index is 1.68. The van der Waals surface area contributed by atoms with E-state index in [-0.39, 0.29) is 18.7 Å². The molecule has 0 saturated heterocycles. The molecule has 1 amide bonds. The summed E-state index contributed by atoms with van der Waals surface area (Å²) in [5.74, 6) is -0.781. The molecule has 2 aromatic carbocycles. The number of anilines is 1. The third kappa shape index (κ3) is 3.60. The van der Waals surface area contributed by atoms with E-state index >= 15 is 0 Å². The van der Waals surface area contributed by atoms with E-state index in [2.05, 4.69) is 0 Å². The van der Waals surface area contributed by atoms with Crippen molar-refractivity contribution in [1.82, 2.24) is 0 Å². The van der Waals surface area contributed by atoms with Crippen LogP contribution in [-0.2, 0) is 16.9 Å². The fraction of sp³-hybridized carbons (Fsp3) is 0.182. The van der Waals surface area contributed by atoms with Crippen molar-refractivity contribution < 1.29 is 14.7 Å². The smallest absolute Gasteiger partial charge is 0.264 e. The molecule has 1 aliphatic heterocycles. The Morgan fingerprint density at radius 1 is 1.10 bits per heavy atom. The van der Waals surface area contributed by atoms with Crippen molar-refractivity contribution in [3.63, 3.8) is 0 Å². The van der Waals surface area contributed by atoms with Crippen molar-refractivity contribution in [2.75, 3.05) is 4.90 Å². The van der Waals surface area contributed by atoms with E-state index in [0.717, 1.165) is 10.4 Å². The average molecular weight is 446 g/mol. The van der Waals surface area contributed by atoms with Crippen LogP contribution in [0, 0.1) is 6.92 Å². The lowest BCUT2D eigenvalue weighted by atomic mass is 9.89. The predicted octanol–water partition coefficient (Wildman–Crippen LogP) is 5.37. The van der Waals surface area contributed by atoms with Crippen molar-refractivity contribution in [2.24, 2.45) is 0 Å². The van der Waals surface area contributed by atoms with Crippen LogP contribution in [0.1, 0.15) is 32.1 Å². The molecule has 0 bridgehead atoms. The van der Waals surface area contributed by atoms with Crippen LogP contribution in [0.25, 0.3) is 0 Å². The number of hydrogen-bond donors (Lipinski definition) is 1. The molecule has 7 heteroatoms. The Bertz CT molecular complexity index is 1130. The Hall–Kier alpha value is -2.18. The third-order valence-electron chi connectivity index (χ3n) is 5.00. The van der Waals surface area contributed by atoms with E-state index in [1.807, 2.05) is 13.0 Å². The van der Waals surface area contributed by atoms with E-state index in [0.29, 0.717) is 26.2 Å². The molecule has 3 aromatic rings. The monoisotopic (exact) mass is 445 g/mol. The van der Waals surface area contributed by atoms with Crippen LogP contribution in [-0.4, -0.2) is 16.8 Å². The molecule has 1 aromatic heterocycles. The number of carbonyl (C=O) groups excluding carboxylic acids is 2. The van der Waals surface area contributed by atoms with Gasteiger partial charge in [0, 0.05) is 10.4 Å². The van der Waals surface area contributed by atoms with Crippen LogP contribution in [0.4, 0.5) is 5.69 Å². The molecular formula is C22H17Cl2NO3S. The highest BCUT2D eigenvalue weighted by Gasteiger charge is 2.50. The number of Topliss-reactive ketones (excluding diaryl/α,β-unsaturated/α-hetero) is 1. The van der Waals surface area contributed by atoms with Crippen molar-refractivity contribution >= 4 is 51.9 Å². The summed E-state index contributed by atoms with van der Waals surface area (Å²) in [6.07, 6.45) is -0.305. The maximum atomic E-state index is 13.3. The summed E-state index contributed by atoms with van der Waals surface area (Å²) in [5, 5.41) is 12.2. The van der Waals surface area contributed by atoms with E-state index in [1.165, 1.54) is 16.2 Å². The van der Waals surface area contributed by atoms with Gasteiger partial charge in [-0.1, -0.05) is 47.5 Å². The van der Waals surface area contributed by atoms with Crippen LogP contribution < -0.4 is 4.90 Å². The fourth-order valence-corrected chi connectivity index (χ4v) is 4.68. The number of thiophene rings is 1. The minimum Gasteiger partial charge on any atom is -0.375 e. The lowest BCUT2D eigenvalue weighted by molar-refractivity contribution is -0.136. The molecule has 0 fully saturated rings. The summed E-state index contributed by atoms with van der Waals surface area (Å²) in [6.45, 7) is 2.12. The van der Waals surface area contributed by atoms with Crippen LogP contribution in [0.5, 0.6) is 0 Å². The van der Waals surface area contributed by atoms with Gasteiger partial charge in [0.05, 0.1) is 33.6 Å². The number of ketones is 1. The second-order valence-electron chi connectivity index (χ2n) is 7.03. The SMILES string of the molecule is Cc1ccc(C(=O)CC2(O)C(=O)N(Cc3ccc(Cl)c(Cl)c3)c3ccccc32)s1. The molecule has 0 radical (unpaired) electrons. The number of halogens is 2. The van der Waals surface area contributed by atoms with E-state index < -0.39 is 11.5 Å². The first-order valence-electron chi connectivity index (χ1n) is 8.97. The molecular weight excluding hydrogens is 429 g/mol. The summed E-state index contributed by atoms with van der Waals surface area (Å²) in [4.78, 5) is 29.1. The number of fused-ring (bicyclic) bond motifs is 1. The first-order valence-corrected chi connectivity index (χ1v) is 10.5. The quantitative estimate of drug-likeness (QED) is 0.536. The molecule has 0 aliphatic carbocycles.